The largest absolute Gasteiger partial charge is 0.342 e. The van der Waals surface area contributed by atoms with E-state index in [2.05, 4.69) is 0 Å². The monoisotopic (exact) mass is 311 g/mol. The summed E-state index contributed by atoms with van der Waals surface area (Å²) >= 11 is 1.07. The van der Waals surface area contributed by atoms with Crippen molar-refractivity contribution in [2.24, 2.45) is 0 Å². The maximum atomic E-state index is 12.3. The standard InChI is InChI=1S/C13H17N3O4S/c1-8(17)10-7-9(16(19)20)11(21-10)15-6-5-14(4)12(18)13(15,2)3/h7H,5-6H2,1-4H3. The number of nitrogens with zero attached hydrogens (tertiary/aromatic N) is 3. The molecule has 1 aliphatic rings. The topological polar surface area (TPSA) is 83.8 Å². The van der Waals surface area contributed by atoms with Crippen LogP contribution in [-0.2, 0) is 4.79 Å². The van der Waals surface area contributed by atoms with E-state index >= 15 is 0 Å². The summed E-state index contributed by atoms with van der Waals surface area (Å²) in [4.78, 5) is 38.2. The lowest BCUT2D eigenvalue weighted by Crippen LogP contribution is -2.62. The number of hydrogen-bond acceptors (Lipinski definition) is 6. The highest BCUT2D eigenvalue weighted by Gasteiger charge is 2.43. The van der Waals surface area contributed by atoms with Crippen LogP contribution < -0.4 is 4.90 Å². The van der Waals surface area contributed by atoms with Crippen LogP contribution in [0, 0.1) is 10.1 Å². The van der Waals surface area contributed by atoms with Crippen LogP contribution in [0.15, 0.2) is 6.07 Å². The molecule has 1 aromatic heterocycles. The molecule has 1 amide bonds. The van der Waals surface area contributed by atoms with Gasteiger partial charge < -0.3 is 9.80 Å². The fourth-order valence-electron chi connectivity index (χ4n) is 2.44. The molecule has 1 fully saturated rings. The Bertz CT molecular complexity index is 623. The molecule has 0 aliphatic carbocycles. The van der Waals surface area contributed by atoms with Crippen LogP contribution in [0.3, 0.4) is 0 Å². The van der Waals surface area contributed by atoms with Gasteiger partial charge in [-0.15, -0.1) is 11.3 Å². The zero-order valence-electron chi connectivity index (χ0n) is 12.4. The SMILES string of the molecule is CC(=O)c1cc([N+](=O)[O-])c(N2CCN(C)C(=O)C2(C)C)s1. The van der Waals surface area contributed by atoms with Crippen LogP contribution in [0.1, 0.15) is 30.4 Å². The van der Waals surface area contributed by atoms with Gasteiger partial charge in [0.05, 0.1) is 9.80 Å². The Morgan fingerprint density at radius 1 is 1.43 bits per heavy atom. The molecule has 0 spiro atoms. The highest BCUT2D eigenvalue weighted by Crippen LogP contribution is 2.42. The van der Waals surface area contributed by atoms with Gasteiger partial charge in [-0.1, -0.05) is 0 Å². The Balaban J connectivity index is 2.52. The van der Waals surface area contributed by atoms with E-state index in [1.54, 1.807) is 30.7 Å². The van der Waals surface area contributed by atoms with E-state index in [4.69, 9.17) is 0 Å². The fraction of sp³-hybridized carbons (Fsp3) is 0.538. The van der Waals surface area contributed by atoms with Crippen LogP contribution >= 0.6 is 11.3 Å². The van der Waals surface area contributed by atoms with Gasteiger partial charge in [-0.05, 0) is 20.8 Å². The number of Topliss-reactive ketones (excluding diaryl/α,β-unsaturated/α-hetero) is 1. The second-order valence-electron chi connectivity index (χ2n) is 5.55. The predicted molar refractivity (Wildman–Crippen MR) is 80.0 cm³/mol. The van der Waals surface area contributed by atoms with Crippen molar-refractivity contribution < 1.29 is 14.5 Å². The number of hydrogen-bond donors (Lipinski definition) is 0. The number of carbonyl (C=O) groups excluding carboxylic acids is 2. The summed E-state index contributed by atoms with van der Waals surface area (Å²) < 4.78 is 0. The molecule has 2 rings (SSSR count). The van der Waals surface area contributed by atoms with Crippen LogP contribution in [0.4, 0.5) is 10.7 Å². The quantitative estimate of drug-likeness (QED) is 0.484. The predicted octanol–water partition coefficient (Wildman–Crippen LogP) is 1.92. The first-order chi connectivity index (χ1) is 9.66. The molecule has 21 heavy (non-hydrogen) atoms. The molecule has 0 saturated carbocycles. The van der Waals surface area contributed by atoms with Crippen molar-refractivity contribution in [1.29, 1.82) is 0 Å². The molecule has 114 valence electrons. The number of piperazine rings is 1. The Morgan fingerprint density at radius 3 is 2.57 bits per heavy atom. The average molecular weight is 311 g/mol. The van der Waals surface area contributed by atoms with Gasteiger partial charge >= 0.3 is 5.69 Å². The summed E-state index contributed by atoms with van der Waals surface area (Å²) in [6.07, 6.45) is 0. The van der Waals surface area contributed by atoms with E-state index in [1.165, 1.54) is 13.0 Å². The van der Waals surface area contributed by atoms with Crippen molar-refractivity contribution in [3.05, 3.63) is 21.1 Å². The molecular formula is C13H17N3O4S. The minimum absolute atomic E-state index is 0.0965. The van der Waals surface area contributed by atoms with Crippen molar-refractivity contribution >= 4 is 33.7 Å². The first-order valence-electron chi connectivity index (χ1n) is 6.48. The van der Waals surface area contributed by atoms with Gasteiger partial charge in [0, 0.05) is 26.2 Å². The Kier molecular flexibility index (Phi) is 3.75. The molecule has 8 heteroatoms. The van der Waals surface area contributed by atoms with E-state index in [9.17, 15) is 19.7 Å². The second-order valence-corrected chi connectivity index (χ2v) is 6.58. The zero-order valence-corrected chi connectivity index (χ0v) is 13.2. The molecular weight excluding hydrogens is 294 g/mol. The van der Waals surface area contributed by atoms with E-state index < -0.39 is 10.5 Å². The fourth-order valence-corrected chi connectivity index (χ4v) is 3.63. The maximum absolute atomic E-state index is 12.3. The number of anilines is 1. The van der Waals surface area contributed by atoms with E-state index in [1.807, 2.05) is 0 Å². The average Bonchev–Trinajstić information content (AvgIpc) is 2.81. The van der Waals surface area contributed by atoms with Gasteiger partial charge in [-0.2, -0.15) is 0 Å². The first kappa shape index (κ1) is 15.4. The molecule has 0 N–H and O–H groups in total. The lowest BCUT2D eigenvalue weighted by molar-refractivity contribution is -0.383. The molecule has 1 aliphatic heterocycles. The lowest BCUT2D eigenvalue weighted by Gasteiger charge is -2.45. The summed E-state index contributed by atoms with van der Waals surface area (Å²) in [5, 5.41) is 11.6. The number of thiophene rings is 1. The van der Waals surface area contributed by atoms with Gasteiger partial charge in [-0.3, -0.25) is 19.7 Å². The third-order valence-corrected chi connectivity index (χ3v) is 4.93. The van der Waals surface area contributed by atoms with Gasteiger partial charge in [0.2, 0.25) is 5.91 Å². The molecule has 2 heterocycles. The number of rotatable bonds is 3. The number of likely N-dealkylation sites (N-methyl/N-ethyl adjacent to an activating group) is 1. The molecule has 7 nitrogen and oxygen atoms in total. The molecule has 0 radical (unpaired) electrons. The Hall–Kier alpha value is -1.96. The third kappa shape index (κ3) is 2.51. The number of nitro groups is 1. The van der Waals surface area contributed by atoms with Crippen molar-refractivity contribution in [3.63, 3.8) is 0 Å². The second kappa shape index (κ2) is 5.10. The van der Waals surface area contributed by atoms with E-state index in [-0.39, 0.29) is 17.4 Å². The smallest absolute Gasteiger partial charge is 0.304 e. The highest BCUT2D eigenvalue weighted by molar-refractivity contribution is 7.18. The summed E-state index contributed by atoms with van der Waals surface area (Å²) in [5.41, 5.74) is -0.993. The molecule has 1 saturated heterocycles. The van der Waals surface area contributed by atoms with Crippen LogP contribution in [-0.4, -0.2) is 47.2 Å². The highest BCUT2D eigenvalue weighted by atomic mass is 32.1. The van der Waals surface area contributed by atoms with Crippen molar-refractivity contribution in [2.45, 2.75) is 26.3 Å². The molecule has 1 aromatic rings. The molecule has 0 bridgehead atoms. The summed E-state index contributed by atoms with van der Waals surface area (Å²) in [6, 6.07) is 1.29. The minimum atomic E-state index is -0.878. The van der Waals surface area contributed by atoms with Crippen LogP contribution in [0.5, 0.6) is 0 Å². The molecule has 0 atom stereocenters. The van der Waals surface area contributed by atoms with Gasteiger partial charge in [0.15, 0.2) is 10.8 Å². The molecule has 0 unspecified atom stereocenters. The van der Waals surface area contributed by atoms with E-state index in [0.717, 1.165) is 11.3 Å². The number of carbonyl (C=O) groups is 2. The Labute approximate surface area is 126 Å². The third-order valence-electron chi connectivity index (χ3n) is 3.69. The summed E-state index contributed by atoms with van der Waals surface area (Å²) in [5.74, 6) is -0.312. The molecule has 0 aromatic carbocycles. The van der Waals surface area contributed by atoms with Gasteiger partial charge in [-0.25, -0.2) is 0 Å². The summed E-state index contributed by atoms with van der Waals surface area (Å²) in [7, 11) is 1.71. The van der Waals surface area contributed by atoms with Crippen molar-refractivity contribution in [1.82, 2.24) is 4.90 Å². The van der Waals surface area contributed by atoms with Crippen molar-refractivity contribution in [2.75, 3.05) is 25.0 Å². The van der Waals surface area contributed by atoms with E-state index in [0.29, 0.717) is 23.0 Å². The van der Waals surface area contributed by atoms with Gasteiger partial charge in [0.25, 0.3) is 0 Å². The van der Waals surface area contributed by atoms with Crippen molar-refractivity contribution in [3.8, 4) is 0 Å². The number of amides is 1. The number of ketones is 1. The normalized spacial score (nSPS) is 18.0. The zero-order chi connectivity index (χ0) is 15.9. The Morgan fingerprint density at radius 2 is 2.05 bits per heavy atom. The van der Waals surface area contributed by atoms with Gasteiger partial charge in [0.1, 0.15) is 5.54 Å². The summed E-state index contributed by atoms with van der Waals surface area (Å²) in [6.45, 7) is 5.84. The van der Waals surface area contributed by atoms with Crippen LogP contribution in [0.25, 0.3) is 0 Å². The lowest BCUT2D eigenvalue weighted by atomic mass is 9.98. The maximum Gasteiger partial charge on any atom is 0.304 e. The first-order valence-corrected chi connectivity index (χ1v) is 7.30. The minimum Gasteiger partial charge on any atom is -0.342 e. The van der Waals surface area contributed by atoms with Crippen LogP contribution in [0.2, 0.25) is 0 Å².